The Morgan fingerprint density at radius 2 is 0.940 bits per heavy atom. The fraction of sp³-hybridized carbons (Fsp3) is 0.419. The molecule has 2 heterocycles. The van der Waals surface area contributed by atoms with Crippen molar-refractivity contribution in [3.63, 3.8) is 0 Å². The van der Waals surface area contributed by atoms with Crippen molar-refractivity contribution >= 4 is 72.4 Å². The van der Waals surface area contributed by atoms with Crippen LogP contribution in [0.15, 0.2) is 53.6 Å². The van der Waals surface area contributed by atoms with Gasteiger partial charge in [0.25, 0.3) is 23.6 Å². The molecule has 1 aliphatic carbocycles. The first-order valence-electron chi connectivity index (χ1n) is 19.0. The van der Waals surface area contributed by atoms with E-state index in [1.807, 2.05) is 48.5 Å². The number of carbonyl (C=O) groups is 4. The molecule has 1 fully saturated rings. The first kappa shape index (κ1) is 32.5. The number of carbonyl (C=O) groups excluding carboxylic acids is 4. The molecule has 0 spiro atoms. The maximum atomic E-state index is 14.4. The van der Waals surface area contributed by atoms with E-state index < -0.39 is 11.8 Å². The van der Waals surface area contributed by atoms with Crippen molar-refractivity contribution in [3.05, 3.63) is 70.8 Å². The van der Waals surface area contributed by atoms with Crippen LogP contribution in [0.1, 0.15) is 152 Å². The Bertz CT molecular complexity index is 2090. The van der Waals surface area contributed by atoms with Crippen LogP contribution in [0.25, 0.3) is 43.1 Å². The van der Waals surface area contributed by atoms with Crippen LogP contribution in [0.4, 0.5) is 0 Å². The summed E-state index contributed by atoms with van der Waals surface area (Å²) >= 11 is 0. The number of unbranched alkanes of at least 4 members (excludes halogenated alkanes) is 6. The molecular formula is C43H45N3O4. The van der Waals surface area contributed by atoms with E-state index in [0.717, 1.165) is 139 Å². The number of hydrazone groups is 1. The zero-order valence-electron chi connectivity index (χ0n) is 29.3. The van der Waals surface area contributed by atoms with E-state index in [4.69, 9.17) is 0 Å². The number of hydrogen-bond acceptors (Lipinski definition) is 5. The van der Waals surface area contributed by atoms with Gasteiger partial charge in [0.15, 0.2) is 0 Å². The lowest BCUT2D eigenvalue weighted by molar-refractivity contribution is 0.0515. The number of nitrogens with zero attached hydrogens (tertiary/aromatic N) is 3. The monoisotopic (exact) mass is 667 g/mol. The second-order valence-corrected chi connectivity index (χ2v) is 14.6. The molecule has 5 aromatic rings. The zero-order valence-corrected chi connectivity index (χ0v) is 29.3. The minimum absolute atomic E-state index is 0.117. The number of benzene rings is 5. The highest BCUT2D eigenvalue weighted by Crippen LogP contribution is 2.46. The van der Waals surface area contributed by atoms with Gasteiger partial charge in [0.05, 0.1) is 11.1 Å². The van der Waals surface area contributed by atoms with Crippen molar-refractivity contribution in [2.75, 3.05) is 0 Å². The van der Waals surface area contributed by atoms with Crippen molar-refractivity contribution in [3.8, 4) is 0 Å². The summed E-state index contributed by atoms with van der Waals surface area (Å²) in [5.74, 6) is -1.19. The molecule has 0 N–H and O–H groups in total. The van der Waals surface area contributed by atoms with Crippen molar-refractivity contribution in [1.82, 2.24) is 9.91 Å². The molecular weight excluding hydrogens is 622 g/mol. The van der Waals surface area contributed by atoms with Gasteiger partial charge in [-0.05, 0) is 95.1 Å². The van der Waals surface area contributed by atoms with Crippen LogP contribution in [0.2, 0.25) is 0 Å². The van der Waals surface area contributed by atoms with Gasteiger partial charge in [0, 0.05) is 33.7 Å². The maximum Gasteiger partial charge on any atom is 0.282 e. The van der Waals surface area contributed by atoms with Crippen LogP contribution in [-0.2, 0) is 0 Å². The predicted octanol–water partition coefficient (Wildman–Crippen LogP) is 10.6. The Morgan fingerprint density at radius 3 is 1.36 bits per heavy atom. The SMILES string of the molecule is CCCCCCC(CCCCCC)N1C(=O)c2ccc3c4ccc5c6c(ccc(c7ccc(c2c37)C1=O)c64)C(=O)N(N=C1CCCCC1)C5=O. The second-order valence-electron chi connectivity index (χ2n) is 14.6. The highest BCUT2D eigenvalue weighted by Gasteiger charge is 2.39. The van der Waals surface area contributed by atoms with Crippen LogP contribution in [0, 0.1) is 0 Å². The van der Waals surface area contributed by atoms with Crippen LogP contribution in [0.5, 0.6) is 0 Å². The predicted molar refractivity (Wildman–Crippen MR) is 200 cm³/mol. The summed E-state index contributed by atoms with van der Waals surface area (Å²) in [6, 6.07) is 15.2. The molecule has 50 heavy (non-hydrogen) atoms. The fourth-order valence-corrected chi connectivity index (χ4v) is 8.91. The highest BCUT2D eigenvalue weighted by molar-refractivity contribution is 6.41. The van der Waals surface area contributed by atoms with E-state index in [1.165, 1.54) is 0 Å². The van der Waals surface area contributed by atoms with Crippen LogP contribution in [0.3, 0.4) is 0 Å². The molecule has 256 valence electrons. The van der Waals surface area contributed by atoms with Crippen molar-refractivity contribution in [2.45, 2.75) is 116 Å². The molecule has 5 aromatic carbocycles. The third kappa shape index (κ3) is 5.11. The van der Waals surface area contributed by atoms with Gasteiger partial charge in [-0.3, -0.25) is 24.1 Å². The largest absolute Gasteiger partial charge is 0.282 e. The van der Waals surface area contributed by atoms with Crippen LogP contribution in [-0.4, -0.2) is 45.3 Å². The summed E-state index contributed by atoms with van der Waals surface area (Å²) in [7, 11) is 0. The lowest BCUT2D eigenvalue weighted by Gasteiger charge is -2.35. The van der Waals surface area contributed by atoms with Crippen LogP contribution < -0.4 is 0 Å². The summed E-state index contributed by atoms with van der Waals surface area (Å²) in [5.41, 5.74) is 3.00. The average Bonchev–Trinajstić information content (AvgIpc) is 3.14. The van der Waals surface area contributed by atoms with Crippen molar-refractivity contribution in [1.29, 1.82) is 0 Å². The molecule has 1 saturated carbocycles. The molecule has 7 nitrogen and oxygen atoms in total. The summed E-state index contributed by atoms with van der Waals surface area (Å²) in [5, 5.41) is 12.4. The Morgan fingerprint density at radius 1 is 0.520 bits per heavy atom. The van der Waals surface area contributed by atoms with E-state index in [1.54, 1.807) is 4.90 Å². The van der Waals surface area contributed by atoms with E-state index >= 15 is 0 Å². The van der Waals surface area contributed by atoms with Crippen molar-refractivity contribution in [2.24, 2.45) is 5.10 Å². The minimum Gasteiger partial charge on any atom is -0.271 e. The molecule has 0 radical (unpaired) electrons. The average molecular weight is 668 g/mol. The van der Waals surface area contributed by atoms with Crippen LogP contribution >= 0.6 is 0 Å². The third-order valence-corrected chi connectivity index (χ3v) is 11.5. The molecule has 0 saturated heterocycles. The molecule has 8 rings (SSSR count). The van der Waals surface area contributed by atoms with Gasteiger partial charge in [-0.1, -0.05) is 95.9 Å². The third-order valence-electron chi connectivity index (χ3n) is 11.5. The van der Waals surface area contributed by atoms with E-state index in [-0.39, 0.29) is 17.9 Å². The molecule has 0 aromatic heterocycles. The minimum atomic E-state index is -0.393. The van der Waals surface area contributed by atoms with Gasteiger partial charge in [0.1, 0.15) is 0 Å². The topological polar surface area (TPSA) is 87.1 Å². The molecule has 0 bridgehead atoms. The quantitative estimate of drug-likeness (QED) is 0.0573. The Kier molecular flexibility index (Phi) is 8.62. The summed E-state index contributed by atoms with van der Waals surface area (Å²) in [6.45, 7) is 4.39. The van der Waals surface area contributed by atoms with Crippen molar-refractivity contribution < 1.29 is 19.2 Å². The molecule has 0 unspecified atom stereocenters. The molecule has 7 heteroatoms. The summed E-state index contributed by atoms with van der Waals surface area (Å²) in [4.78, 5) is 58.1. The molecule has 2 aliphatic heterocycles. The lowest BCUT2D eigenvalue weighted by Crippen LogP contribution is -2.47. The molecule has 4 amide bonds. The number of imide groups is 2. The van der Waals surface area contributed by atoms with E-state index in [2.05, 4.69) is 18.9 Å². The zero-order chi connectivity index (χ0) is 34.5. The summed E-state index contributed by atoms with van der Waals surface area (Å²) in [6.07, 6.45) is 15.3. The normalized spacial score (nSPS) is 16.4. The number of rotatable bonds is 12. The first-order valence-corrected chi connectivity index (χ1v) is 19.0. The van der Waals surface area contributed by atoms with E-state index in [0.29, 0.717) is 33.0 Å². The second kappa shape index (κ2) is 13.2. The maximum absolute atomic E-state index is 14.4. The summed E-state index contributed by atoms with van der Waals surface area (Å²) < 4.78 is 0. The Hall–Kier alpha value is -4.65. The number of hydrogen-bond donors (Lipinski definition) is 0. The first-order chi connectivity index (χ1) is 24.4. The van der Waals surface area contributed by atoms with E-state index in [9.17, 15) is 19.2 Å². The Labute approximate surface area is 293 Å². The van der Waals surface area contributed by atoms with Gasteiger partial charge in [-0.25, -0.2) is 0 Å². The standard InChI is InChI=1S/C43H45N3O4/c1-3-5-7-12-16-27(17-13-8-6-4-2)45-40(47)32-22-18-28-30-20-24-34-39-35(43(50)46(42(34)49)44-26-14-10-9-11-15-26)25-21-31(37(30)39)29-19-23-33(41(45)48)38(32)36(28)29/h18-25,27H,3-17H2,1-2H3. The number of fused-ring (bicyclic) bond motifs is 2. The smallest absolute Gasteiger partial charge is 0.271 e. The molecule has 3 aliphatic rings. The van der Waals surface area contributed by atoms with Gasteiger partial charge >= 0.3 is 0 Å². The number of amides is 4. The molecule has 0 atom stereocenters. The fourth-order valence-electron chi connectivity index (χ4n) is 8.91. The van der Waals surface area contributed by atoms with Gasteiger partial charge < -0.3 is 0 Å². The highest BCUT2D eigenvalue weighted by atomic mass is 16.2. The van der Waals surface area contributed by atoms with Gasteiger partial charge in [-0.15, -0.1) is 0 Å². The lowest BCUT2D eigenvalue weighted by atomic mass is 9.82. The van der Waals surface area contributed by atoms with Gasteiger partial charge in [-0.2, -0.15) is 10.1 Å². The van der Waals surface area contributed by atoms with Gasteiger partial charge in [0.2, 0.25) is 0 Å². The Balaban J connectivity index is 1.24.